The van der Waals surface area contributed by atoms with E-state index in [-0.39, 0.29) is 0 Å². The van der Waals surface area contributed by atoms with Gasteiger partial charge >= 0.3 is 0 Å². The highest BCUT2D eigenvalue weighted by molar-refractivity contribution is 5.14. The van der Waals surface area contributed by atoms with Gasteiger partial charge in [-0.2, -0.15) is 5.10 Å². The zero-order valence-corrected chi connectivity index (χ0v) is 10.4. The topological polar surface area (TPSA) is 29.9 Å². The molecule has 0 unspecified atom stereocenters. The lowest BCUT2D eigenvalue weighted by Gasteiger charge is -2.24. The van der Waals surface area contributed by atoms with E-state index in [9.17, 15) is 0 Å². The fourth-order valence-electron chi connectivity index (χ4n) is 1.93. The van der Waals surface area contributed by atoms with Crippen LogP contribution in [-0.4, -0.2) is 22.9 Å². The summed E-state index contributed by atoms with van der Waals surface area (Å²) in [7, 11) is 0. The largest absolute Gasteiger partial charge is 0.317 e. The molecular formula is C12H23N3. The van der Waals surface area contributed by atoms with E-state index in [0.717, 1.165) is 13.1 Å². The van der Waals surface area contributed by atoms with Gasteiger partial charge in [0.05, 0.1) is 12.2 Å². The van der Waals surface area contributed by atoms with Crippen LogP contribution >= 0.6 is 0 Å². The fraction of sp³-hybridized carbons (Fsp3) is 0.750. The number of piperidine rings is 1. The van der Waals surface area contributed by atoms with Gasteiger partial charge in [-0.3, -0.25) is 4.68 Å². The Morgan fingerprint density at radius 3 is 2.33 bits per heavy atom. The van der Waals surface area contributed by atoms with Crippen molar-refractivity contribution in [1.82, 2.24) is 15.1 Å². The molecule has 3 nitrogen and oxygen atoms in total. The number of aromatic nitrogens is 2. The molecule has 3 heteroatoms. The minimum absolute atomic E-state index is 0.620. The van der Waals surface area contributed by atoms with E-state index in [1.165, 1.54) is 24.1 Å². The van der Waals surface area contributed by atoms with Crippen molar-refractivity contribution in [3.05, 3.63) is 17.5 Å². The van der Waals surface area contributed by atoms with Crippen LogP contribution in [0.5, 0.6) is 0 Å². The number of nitrogens with one attached hydrogen (secondary N) is 1. The second-order valence-electron chi connectivity index (χ2n) is 3.84. The van der Waals surface area contributed by atoms with E-state index < -0.39 is 0 Å². The monoisotopic (exact) mass is 209 g/mol. The lowest BCUT2D eigenvalue weighted by molar-refractivity contribution is 0.338. The Morgan fingerprint density at radius 2 is 1.87 bits per heavy atom. The van der Waals surface area contributed by atoms with Crippen LogP contribution in [0.4, 0.5) is 0 Å². The highest BCUT2D eigenvalue weighted by atomic mass is 15.3. The maximum Gasteiger partial charge on any atom is 0.0546 e. The number of aryl methyl sites for hydroxylation is 1. The first-order valence-corrected chi connectivity index (χ1v) is 6.00. The molecule has 0 aliphatic carbocycles. The van der Waals surface area contributed by atoms with Gasteiger partial charge in [-0.25, -0.2) is 0 Å². The minimum Gasteiger partial charge on any atom is -0.317 e. The molecule has 0 atom stereocenters. The highest BCUT2D eigenvalue weighted by Crippen LogP contribution is 2.20. The molecule has 1 aromatic heterocycles. The second-order valence-corrected chi connectivity index (χ2v) is 3.84. The van der Waals surface area contributed by atoms with Crippen molar-refractivity contribution < 1.29 is 0 Å². The summed E-state index contributed by atoms with van der Waals surface area (Å²) in [6.07, 6.45) is 4.39. The quantitative estimate of drug-likeness (QED) is 0.770. The van der Waals surface area contributed by atoms with Gasteiger partial charge in [-0.15, -0.1) is 0 Å². The van der Waals surface area contributed by atoms with E-state index in [1.807, 2.05) is 20.0 Å². The predicted molar refractivity (Wildman–Crippen MR) is 64.2 cm³/mol. The number of rotatable bonds is 1. The third-order valence-electron chi connectivity index (χ3n) is 2.94. The van der Waals surface area contributed by atoms with Gasteiger partial charge in [0.2, 0.25) is 0 Å². The predicted octanol–water partition coefficient (Wildman–Crippen LogP) is 2.45. The Bertz CT molecular complexity index is 285. The molecule has 86 valence electrons. The smallest absolute Gasteiger partial charge is 0.0546 e. The van der Waals surface area contributed by atoms with Gasteiger partial charge in [0.15, 0.2) is 0 Å². The zero-order valence-electron chi connectivity index (χ0n) is 10.4. The summed E-state index contributed by atoms with van der Waals surface area (Å²) in [5, 5.41) is 7.80. The molecule has 1 saturated heterocycles. The molecule has 0 spiro atoms. The van der Waals surface area contributed by atoms with Crippen molar-refractivity contribution in [2.75, 3.05) is 13.1 Å². The number of hydrogen-bond donors (Lipinski definition) is 1. The molecule has 0 saturated carbocycles. The van der Waals surface area contributed by atoms with E-state index >= 15 is 0 Å². The molecule has 1 aromatic rings. The molecule has 0 bridgehead atoms. The van der Waals surface area contributed by atoms with Crippen LogP contribution in [0.25, 0.3) is 0 Å². The summed E-state index contributed by atoms with van der Waals surface area (Å²) in [6.45, 7) is 10.5. The standard InChI is InChI=1S/C10H17N3.C2H6/c1-8-7-12-13(9(8)2)10-3-5-11-6-4-10;1-2/h7,10-11H,3-6H2,1-2H3;1-2H3. The molecule has 0 amide bonds. The summed E-state index contributed by atoms with van der Waals surface area (Å²) in [5.74, 6) is 0. The molecule has 1 fully saturated rings. The molecule has 0 radical (unpaired) electrons. The van der Waals surface area contributed by atoms with Crippen molar-refractivity contribution >= 4 is 0 Å². The number of hydrogen-bond acceptors (Lipinski definition) is 2. The SMILES string of the molecule is CC.Cc1cnn(C2CCNCC2)c1C. The Balaban J connectivity index is 0.000000531. The summed E-state index contributed by atoms with van der Waals surface area (Å²) in [5.41, 5.74) is 2.63. The van der Waals surface area contributed by atoms with Gasteiger partial charge < -0.3 is 5.32 Å². The molecule has 0 aromatic carbocycles. The van der Waals surface area contributed by atoms with Crippen molar-refractivity contribution in [2.45, 2.75) is 46.6 Å². The molecular weight excluding hydrogens is 186 g/mol. The van der Waals surface area contributed by atoms with Crippen molar-refractivity contribution in [2.24, 2.45) is 0 Å². The Labute approximate surface area is 92.9 Å². The summed E-state index contributed by atoms with van der Waals surface area (Å²) in [6, 6.07) is 0.620. The maximum absolute atomic E-state index is 4.43. The molecule has 1 aliphatic rings. The van der Waals surface area contributed by atoms with Gasteiger partial charge in [-0.1, -0.05) is 13.8 Å². The van der Waals surface area contributed by atoms with E-state index in [2.05, 4.69) is 28.9 Å². The first-order valence-electron chi connectivity index (χ1n) is 6.00. The van der Waals surface area contributed by atoms with Gasteiger partial charge in [-0.05, 0) is 45.3 Å². The minimum atomic E-state index is 0.620. The Morgan fingerprint density at radius 1 is 1.27 bits per heavy atom. The third kappa shape index (κ3) is 2.81. The normalized spacial score (nSPS) is 17.1. The molecule has 2 heterocycles. The van der Waals surface area contributed by atoms with Crippen molar-refractivity contribution in [1.29, 1.82) is 0 Å². The van der Waals surface area contributed by atoms with Crippen LogP contribution in [-0.2, 0) is 0 Å². The maximum atomic E-state index is 4.43. The van der Waals surface area contributed by atoms with Crippen LogP contribution in [0.15, 0.2) is 6.20 Å². The van der Waals surface area contributed by atoms with E-state index in [4.69, 9.17) is 0 Å². The number of nitrogens with zero attached hydrogens (tertiary/aromatic N) is 2. The highest BCUT2D eigenvalue weighted by Gasteiger charge is 2.17. The molecule has 2 rings (SSSR count). The molecule has 1 aliphatic heterocycles. The van der Waals surface area contributed by atoms with E-state index in [1.54, 1.807) is 0 Å². The zero-order chi connectivity index (χ0) is 11.3. The molecule has 15 heavy (non-hydrogen) atoms. The molecule has 1 N–H and O–H groups in total. The van der Waals surface area contributed by atoms with Crippen LogP contribution in [0, 0.1) is 13.8 Å². The van der Waals surface area contributed by atoms with Crippen molar-refractivity contribution in [3.8, 4) is 0 Å². The average molecular weight is 209 g/mol. The summed E-state index contributed by atoms with van der Waals surface area (Å²) < 4.78 is 2.19. The first-order chi connectivity index (χ1) is 7.29. The Kier molecular flexibility index (Phi) is 4.82. The van der Waals surface area contributed by atoms with Crippen LogP contribution in [0.1, 0.15) is 44.0 Å². The van der Waals surface area contributed by atoms with Gasteiger partial charge in [0, 0.05) is 5.69 Å². The van der Waals surface area contributed by atoms with E-state index in [0.29, 0.717) is 6.04 Å². The Hall–Kier alpha value is -0.830. The second kappa shape index (κ2) is 5.91. The average Bonchev–Trinajstić information content (AvgIpc) is 2.64. The summed E-state index contributed by atoms with van der Waals surface area (Å²) >= 11 is 0. The van der Waals surface area contributed by atoms with Crippen LogP contribution in [0.3, 0.4) is 0 Å². The first kappa shape index (κ1) is 12.2. The van der Waals surface area contributed by atoms with Crippen molar-refractivity contribution in [3.63, 3.8) is 0 Å². The van der Waals surface area contributed by atoms with Crippen LogP contribution in [0.2, 0.25) is 0 Å². The summed E-state index contributed by atoms with van der Waals surface area (Å²) in [4.78, 5) is 0. The third-order valence-corrected chi connectivity index (χ3v) is 2.94. The van der Waals surface area contributed by atoms with Gasteiger partial charge in [0.1, 0.15) is 0 Å². The van der Waals surface area contributed by atoms with Gasteiger partial charge in [0.25, 0.3) is 0 Å². The van der Waals surface area contributed by atoms with Crippen LogP contribution < -0.4 is 5.32 Å². The lowest BCUT2D eigenvalue weighted by Crippen LogP contribution is -2.30. The fourth-order valence-corrected chi connectivity index (χ4v) is 1.93. The lowest BCUT2D eigenvalue weighted by atomic mass is 10.1.